The number of benzene rings is 3. The molecular formula is C47H64N4O13-4. The van der Waals surface area contributed by atoms with Crippen molar-refractivity contribution in [2.24, 2.45) is 0 Å². The number of aryl methyl sites for hydroxylation is 1. The summed E-state index contributed by atoms with van der Waals surface area (Å²) in [5, 5.41) is 86.7. The number of aliphatic hydroxyl groups is 4. The van der Waals surface area contributed by atoms with Gasteiger partial charge in [0, 0.05) is 56.2 Å². The predicted molar refractivity (Wildman–Crippen MR) is 238 cm³/mol. The molecule has 1 aliphatic heterocycles. The van der Waals surface area contributed by atoms with E-state index in [1.165, 1.54) is 55.6 Å². The second kappa shape index (κ2) is 37.4. The Kier molecular flexibility index (Phi) is 36.3. The molecule has 64 heavy (non-hydrogen) atoms. The van der Waals surface area contributed by atoms with Crippen LogP contribution in [0.3, 0.4) is 0 Å². The molecule has 0 aliphatic carbocycles. The SMILES string of the molecule is C.C.CC(O)CC(C)O.COC(O)CC(O)OC.Cc1cccc2cccnc12.N=Cc1ccccc1[O-].O=C([O-])C1CCCN1.O=C([O-])c1ccccn1.O=Cc1ccccc1[O-]. The van der Waals surface area contributed by atoms with Gasteiger partial charge in [-0.05, 0) is 75.9 Å². The molecule has 6 N–H and O–H groups in total. The van der Waals surface area contributed by atoms with Crippen molar-refractivity contribution in [2.75, 3.05) is 20.8 Å². The van der Waals surface area contributed by atoms with E-state index in [0.29, 0.717) is 18.3 Å². The standard InChI is InChI=1S/C10H9N.C7H7NO.C7H6O2.C6H5NO2.C5H9NO2.C5H12O4.C5H12O2.2CH4/c1-8-4-2-5-9-6-3-7-11-10(8)9;2*8-5-6-3-1-2-4-7(6)9;8-6(9)5-3-1-2-4-7-5;7-5(8)4-2-1-3-6-4;1-8-4(6)3-5(7)9-2;1-4(6)3-5(2)7;;/h2-7H,1H3;1-5,8-9H;1-5,9H;1-4H,(H,8,9);4,6H,1-3H2,(H,7,8);4-7H,3H2,1-2H3;4-7H,3H2,1-2H3;2*1H4/p-4. The highest BCUT2D eigenvalue weighted by molar-refractivity contribution is 5.83. The van der Waals surface area contributed by atoms with Crippen molar-refractivity contribution < 1.29 is 64.7 Å². The molecule has 2 aromatic heterocycles. The number of aliphatic hydroxyl groups excluding tert-OH is 4. The number of aromatic carboxylic acids is 1. The fourth-order valence-electron chi connectivity index (χ4n) is 4.66. The summed E-state index contributed by atoms with van der Waals surface area (Å²) in [6.07, 6.45) is 4.44. The average Bonchev–Trinajstić information content (AvgIpc) is 3.82. The van der Waals surface area contributed by atoms with Crippen molar-refractivity contribution in [2.45, 2.75) is 92.1 Å². The molecule has 0 saturated carbocycles. The molecule has 0 amide bonds. The molecule has 354 valence electrons. The number of aldehydes is 1. The zero-order valence-corrected chi connectivity index (χ0v) is 35.3. The highest BCUT2D eigenvalue weighted by atomic mass is 16.6. The van der Waals surface area contributed by atoms with E-state index in [1.807, 2.05) is 12.3 Å². The Bertz CT molecular complexity index is 1910. The van der Waals surface area contributed by atoms with Crippen molar-refractivity contribution in [3.05, 3.63) is 132 Å². The minimum atomic E-state index is -1.24. The van der Waals surface area contributed by atoms with Crippen molar-refractivity contribution in [1.82, 2.24) is 15.3 Å². The summed E-state index contributed by atoms with van der Waals surface area (Å²) >= 11 is 0. The highest BCUT2D eigenvalue weighted by Gasteiger charge is 2.13. The molecule has 17 heteroatoms. The van der Waals surface area contributed by atoms with E-state index in [9.17, 15) is 34.8 Å². The number of para-hydroxylation sites is 3. The van der Waals surface area contributed by atoms with Crippen LogP contribution in [0.1, 0.15) is 86.4 Å². The Morgan fingerprint density at radius 3 is 1.61 bits per heavy atom. The topological polar surface area (TPSA) is 304 Å². The maximum Gasteiger partial charge on any atom is 0.158 e. The lowest BCUT2D eigenvalue weighted by atomic mass is 10.1. The molecule has 5 atom stereocenters. The van der Waals surface area contributed by atoms with Crippen molar-refractivity contribution in [3.63, 3.8) is 0 Å². The number of hydrogen-bond acceptors (Lipinski definition) is 17. The van der Waals surface area contributed by atoms with E-state index >= 15 is 0 Å². The number of nitrogens with zero attached hydrogens (tertiary/aromatic N) is 2. The summed E-state index contributed by atoms with van der Waals surface area (Å²) in [4.78, 5) is 37.9. The van der Waals surface area contributed by atoms with Crippen LogP contribution in [0.4, 0.5) is 0 Å². The molecule has 6 rings (SSSR count). The lowest BCUT2D eigenvalue weighted by molar-refractivity contribution is -0.308. The maximum absolute atomic E-state index is 10.7. The second-order valence-corrected chi connectivity index (χ2v) is 13.0. The molecule has 0 radical (unpaired) electrons. The van der Waals surface area contributed by atoms with E-state index in [0.717, 1.165) is 31.1 Å². The first kappa shape index (κ1) is 62.1. The number of carbonyl (C=O) groups excluding carboxylic acids is 3. The summed E-state index contributed by atoms with van der Waals surface area (Å²) in [5.41, 5.74) is 2.98. The molecule has 1 saturated heterocycles. The predicted octanol–water partition coefficient (Wildman–Crippen LogP) is 2.52. The third kappa shape index (κ3) is 29.2. The number of aromatic nitrogens is 2. The van der Waals surface area contributed by atoms with Crippen LogP contribution in [0.15, 0.2) is 109 Å². The fourth-order valence-corrected chi connectivity index (χ4v) is 4.66. The van der Waals surface area contributed by atoms with Crippen LogP contribution in [0.25, 0.3) is 10.9 Å². The smallest absolute Gasteiger partial charge is 0.158 e. The quantitative estimate of drug-likeness (QED) is 0.0667. The summed E-state index contributed by atoms with van der Waals surface area (Å²) in [7, 11) is 2.71. The van der Waals surface area contributed by atoms with Crippen molar-refractivity contribution in [3.8, 4) is 11.5 Å². The molecule has 3 aromatic carbocycles. The van der Waals surface area contributed by atoms with Gasteiger partial charge in [0.1, 0.15) is 6.29 Å². The summed E-state index contributed by atoms with van der Waals surface area (Å²) in [5.74, 6) is -2.52. The molecule has 5 aromatic rings. The molecule has 5 unspecified atom stereocenters. The number of pyridine rings is 2. The van der Waals surface area contributed by atoms with Gasteiger partial charge in [-0.3, -0.25) is 14.8 Å². The van der Waals surface area contributed by atoms with Crippen LogP contribution in [-0.2, 0) is 14.3 Å². The van der Waals surface area contributed by atoms with Gasteiger partial charge < -0.3 is 70.6 Å². The lowest BCUT2D eigenvalue weighted by Crippen LogP contribution is -2.41. The van der Waals surface area contributed by atoms with Crippen LogP contribution in [0.5, 0.6) is 11.5 Å². The third-order valence-electron chi connectivity index (χ3n) is 7.80. The van der Waals surface area contributed by atoms with E-state index in [4.69, 9.17) is 25.8 Å². The van der Waals surface area contributed by atoms with E-state index in [-0.39, 0.29) is 62.3 Å². The summed E-state index contributed by atoms with van der Waals surface area (Å²) in [6.45, 7) is 6.22. The zero-order valence-electron chi connectivity index (χ0n) is 35.3. The van der Waals surface area contributed by atoms with Gasteiger partial charge in [0.05, 0.1) is 35.4 Å². The van der Waals surface area contributed by atoms with Gasteiger partial charge in [-0.25, -0.2) is 0 Å². The minimum Gasteiger partial charge on any atom is -0.872 e. The number of ether oxygens (including phenoxy) is 2. The van der Waals surface area contributed by atoms with E-state index in [1.54, 1.807) is 56.3 Å². The Balaban J connectivity index is -0.000000678. The third-order valence-corrected chi connectivity index (χ3v) is 7.80. The number of carboxylic acids is 2. The average molecular weight is 893 g/mol. The number of hydrogen-bond donors (Lipinski definition) is 6. The zero-order chi connectivity index (χ0) is 46.9. The molecule has 1 aliphatic rings. The number of fused-ring (bicyclic) bond motifs is 1. The highest BCUT2D eigenvalue weighted by Crippen LogP contribution is 2.14. The van der Waals surface area contributed by atoms with Crippen LogP contribution < -0.4 is 25.7 Å². The molecule has 17 nitrogen and oxygen atoms in total. The monoisotopic (exact) mass is 892 g/mol. The minimum absolute atomic E-state index is 0. The number of carbonyl (C=O) groups is 3. The van der Waals surface area contributed by atoms with E-state index in [2.05, 4.69) is 55.9 Å². The van der Waals surface area contributed by atoms with Crippen LogP contribution >= 0.6 is 0 Å². The first-order valence-electron chi connectivity index (χ1n) is 19.1. The van der Waals surface area contributed by atoms with Gasteiger partial charge in [0.15, 0.2) is 12.6 Å². The number of rotatable bonds is 10. The van der Waals surface area contributed by atoms with Gasteiger partial charge >= 0.3 is 0 Å². The first-order valence-corrected chi connectivity index (χ1v) is 19.1. The van der Waals surface area contributed by atoms with Crippen LogP contribution in [-0.4, -0.2) is 106 Å². The maximum atomic E-state index is 10.7. The van der Waals surface area contributed by atoms with E-state index < -0.39 is 24.5 Å². The van der Waals surface area contributed by atoms with Crippen LogP contribution in [0.2, 0.25) is 0 Å². The van der Waals surface area contributed by atoms with Crippen LogP contribution in [0, 0.1) is 12.3 Å². The van der Waals surface area contributed by atoms with Gasteiger partial charge in [-0.2, -0.15) is 0 Å². The van der Waals surface area contributed by atoms with Gasteiger partial charge in [-0.1, -0.05) is 99.5 Å². The molecule has 1 fully saturated rings. The summed E-state index contributed by atoms with van der Waals surface area (Å²) < 4.78 is 8.88. The molecule has 0 spiro atoms. The van der Waals surface area contributed by atoms with Crippen molar-refractivity contribution in [1.29, 1.82) is 5.41 Å². The molecular weight excluding hydrogens is 829 g/mol. The number of nitrogens with one attached hydrogen (secondary N) is 2. The lowest BCUT2D eigenvalue weighted by Gasteiger charge is -2.11. The first-order chi connectivity index (χ1) is 29.5. The fraction of sp³-hybridized carbons (Fsp3) is 0.362. The normalized spacial score (nSPS) is 13.5. The van der Waals surface area contributed by atoms with Gasteiger partial charge in [0.2, 0.25) is 0 Å². The second-order valence-electron chi connectivity index (χ2n) is 13.0. The molecule has 0 bridgehead atoms. The number of aliphatic carboxylic acids is 1. The Morgan fingerprint density at radius 1 is 0.766 bits per heavy atom. The van der Waals surface area contributed by atoms with Gasteiger partial charge in [0.25, 0.3) is 0 Å². The van der Waals surface area contributed by atoms with Gasteiger partial charge in [-0.15, -0.1) is 5.75 Å². The Morgan fingerprint density at radius 2 is 1.28 bits per heavy atom. The number of methoxy groups -OCH3 is 2. The largest absolute Gasteiger partial charge is 0.872 e. The molecule has 3 heterocycles. The summed E-state index contributed by atoms with van der Waals surface area (Å²) in [6, 6.07) is 27.1. The van der Waals surface area contributed by atoms with Crippen molar-refractivity contribution >= 4 is 35.3 Å². The Hall–Kier alpha value is -6.18. The number of carboxylic acid groups (broad SMARTS) is 2. The Labute approximate surface area is 376 Å².